The predicted molar refractivity (Wildman–Crippen MR) is 85.3 cm³/mol. The van der Waals surface area contributed by atoms with Crippen molar-refractivity contribution in [2.75, 3.05) is 6.61 Å². The first kappa shape index (κ1) is 18.5. The third kappa shape index (κ3) is 5.95. The molecule has 0 aromatic heterocycles. The Labute approximate surface area is 142 Å². The zero-order chi connectivity index (χ0) is 18.4. The summed E-state index contributed by atoms with van der Waals surface area (Å²) in [4.78, 5) is 23.8. The number of hydrogen-bond donors (Lipinski definition) is 1. The number of carbonyl (C=O) groups is 2. The number of amides is 1. The number of ether oxygens (including phenoxy) is 1. The lowest BCUT2D eigenvalue weighted by molar-refractivity contribution is -0.153. The standard InChI is InChI=1S/C18H16F3NO3/c1-12-2-6-14(7-3-12)16(23)17(24)22-10-13-4-8-15(9-5-13)25-11-18(19,20)21/h2-9H,10-11H2,1H3,(H,22,24). The number of ketones is 1. The van der Waals surface area contributed by atoms with E-state index in [-0.39, 0.29) is 12.3 Å². The van der Waals surface area contributed by atoms with Gasteiger partial charge in [-0.1, -0.05) is 42.0 Å². The van der Waals surface area contributed by atoms with Crippen LogP contribution in [0.2, 0.25) is 0 Å². The summed E-state index contributed by atoms with van der Waals surface area (Å²) in [6.45, 7) is 0.584. The van der Waals surface area contributed by atoms with Gasteiger partial charge in [-0.15, -0.1) is 0 Å². The van der Waals surface area contributed by atoms with Gasteiger partial charge in [0.2, 0.25) is 5.78 Å². The van der Waals surface area contributed by atoms with Gasteiger partial charge in [0.15, 0.2) is 6.61 Å². The number of carbonyl (C=O) groups excluding carboxylic acids is 2. The molecule has 0 aliphatic rings. The van der Waals surface area contributed by atoms with Crippen LogP contribution in [-0.2, 0) is 11.3 Å². The Bertz CT molecular complexity index is 738. The molecule has 0 radical (unpaired) electrons. The minimum atomic E-state index is -4.40. The van der Waals surface area contributed by atoms with Crippen molar-refractivity contribution < 1.29 is 27.5 Å². The molecule has 2 aromatic carbocycles. The molecule has 25 heavy (non-hydrogen) atoms. The van der Waals surface area contributed by atoms with E-state index in [4.69, 9.17) is 0 Å². The van der Waals surface area contributed by atoms with Gasteiger partial charge in [-0.25, -0.2) is 0 Å². The first-order valence-electron chi connectivity index (χ1n) is 7.42. The second-order valence-electron chi connectivity index (χ2n) is 5.43. The molecule has 1 amide bonds. The summed E-state index contributed by atoms with van der Waals surface area (Å²) in [5.41, 5.74) is 1.90. The Morgan fingerprint density at radius 1 is 1.00 bits per heavy atom. The average Bonchev–Trinajstić information content (AvgIpc) is 2.58. The Balaban J connectivity index is 1.87. The number of nitrogens with one attached hydrogen (secondary N) is 1. The highest BCUT2D eigenvalue weighted by Gasteiger charge is 2.28. The number of Topliss-reactive ketones (excluding diaryl/α,β-unsaturated/α-hetero) is 1. The maximum absolute atomic E-state index is 12.1. The van der Waals surface area contributed by atoms with Crippen molar-refractivity contribution in [3.05, 3.63) is 65.2 Å². The van der Waals surface area contributed by atoms with Crippen molar-refractivity contribution in [2.45, 2.75) is 19.6 Å². The molecule has 132 valence electrons. The number of alkyl halides is 3. The van der Waals surface area contributed by atoms with Gasteiger partial charge in [0.05, 0.1) is 0 Å². The normalized spacial score (nSPS) is 11.0. The first-order chi connectivity index (χ1) is 11.7. The van der Waals surface area contributed by atoms with Gasteiger partial charge in [-0.2, -0.15) is 13.2 Å². The van der Waals surface area contributed by atoms with Crippen LogP contribution in [0.5, 0.6) is 5.75 Å². The van der Waals surface area contributed by atoms with Gasteiger partial charge in [0.1, 0.15) is 5.75 Å². The lowest BCUT2D eigenvalue weighted by Crippen LogP contribution is -2.30. The van der Waals surface area contributed by atoms with Crippen molar-refractivity contribution in [1.82, 2.24) is 5.32 Å². The molecule has 0 aliphatic heterocycles. The zero-order valence-electron chi connectivity index (χ0n) is 13.4. The third-order valence-electron chi connectivity index (χ3n) is 3.30. The Morgan fingerprint density at radius 2 is 1.60 bits per heavy atom. The number of hydrogen-bond acceptors (Lipinski definition) is 3. The van der Waals surface area contributed by atoms with Gasteiger partial charge in [-0.3, -0.25) is 9.59 Å². The van der Waals surface area contributed by atoms with Crippen LogP contribution in [0.4, 0.5) is 13.2 Å². The van der Waals surface area contributed by atoms with Crippen molar-refractivity contribution >= 4 is 11.7 Å². The Hall–Kier alpha value is -2.83. The molecule has 0 heterocycles. The van der Waals surface area contributed by atoms with Crippen LogP contribution in [0.25, 0.3) is 0 Å². The molecule has 0 spiro atoms. The fraction of sp³-hybridized carbons (Fsp3) is 0.222. The maximum Gasteiger partial charge on any atom is 0.422 e. The van der Waals surface area contributed by atoms with Crippen LogP contribution in [0.3, 0.4) is 0 Å². The lowest BCUT2D eigenvalue weighted by Gasteiger charge is -2.10. The van der Waals surface area contributed by atoms with Crippen LogP contribution in [0, 0.1) is 6.92 Å². The molecule has 4 nitrogen and oxygen atoms in total. The number of benzene rings is 2. The fourth-order valence-corrected chi connectivity index (χ4v) is 1.97. The van der Waals surface area contributed by atoms with E-state index < -0.39 is 24.5 Å². The van der Waals surface area contributed by atoms with E-state index in [0.29, 0.717) is 11.1 Å². The second-order valence-corrected chi connectivity index (χ2v) is 5.43. The smallest absolute Gasteiger partial charge is 0.422 e. The van der Waals surface area contributed by atoms with Gasteiger partial charge in [0.25, 0.3) is 5.91 Å². The fourth-order valence-electron chi connectivity index (χ4n) is 1.97. The highest BCUT2D eigenvalue weighted by molar-refractivity contribution is 6.42. The molecule has 2 aromatic rings. The van der Waals surface area contributed by atoms with E-state index in [0.717, 1.165) is 5.56 Å². The van der Waals surface area contributed by atoms with E-state index in [1.807, 2.05) is 6.92 Å². The van der Waals surface area contributed by atoms with Crippen molar-refractivity contribution in [2.24, 2.45) is 0 Å². The van der Waals surface area contributed by atoms with Crippen LogP contribution >= 0.6 is 0 Å². The molecule has 0 saturated carbocycles. The Morgan fingerprint density at radius 3 is 2.16 bits per heavy atom. The summed E-state index contributed by atoms with van der Waals surface area (Å²) in [6.07, 6.45) is -4.40. The van der Waals surface area contributed by atoms with Gasteiger partial charge in [0, 0.05) is 12.1 Å². The minimum Gasteiger partial charge on any atom is -0.484 e. The number of halogens is 3. The molecule has 0 unspecified atom stereocenters. The molecule has 0 saturated heterocycles. The van der Waals surface area contributed by atoms with E-state index in [1.165, 1.54) is 24.3 Å². The summed E-state index contributed by atoms with van der Waals surface area (Å²) in [5, 5.41) is 2.48. The average molecular weight is 351 g/mol. The summed E-state index contributed by atoms with van der Waals surface area (Å²) in [6, 6.07) is 12.4. The second kappa shape index (κ2) is 7.83. The van der Waals surface area contributed by atoms with E-state index in [2.05, 4.69) is 10.1 Å². The lowest BCUT2D eigenvalue weighted by atomic mass is 10.1. The Kier molecular flexibility index (Phi) is 5.80. The molecule has 1 N–H and O–H groups in total. The van der Waals surface area contributed by atoms with Gasteiger partial charge < -0.3 is 10.1 Å². The van der Waals surface area contributed by atoms with E-state index in [1.54, 1.807) is 24.3 Å². The third-order valence-corrected chi connectivity index (χ3v) is 3.30. The van der Waals surface area contributed by atoms with Crippen molar-refractivity contribution in [3.63, 3.8) is 0 Å². The quantitative estimate of drug-likeness (QED) is 0.641. The topological polar surface area (TPSA) is 55.4 Å². The largest absolute Gasteiger partial charge is 0.484 e. The summed E-state index contributed by atoms with van der Waals surface area (Å²) in [5.74, 6) is -1.32. The zero-order valence-corrected chi connectivity index (χ0v) is 13.4. The molecular formula is C18H16F3NO3. The maximum atomic E-state index is 12.1. The molecule has 0 bridgehead atoms. The van der Waals surface area contributed by atoms with Gasteiger partial charge >= 0.3 is 6.18 Å². The number of rotatable bonds is 6. The highest BCUT2D eigenvalue weighted by Crippen LogP contribution is 2.18. The first-order valence-corrected chi connectivity index (χ1v) is 7.42. The SMILES string of the molecule is Cc1ccc(C(=O)C(=O)NCc2ccc(OCC(F)(F)F)cc2)cc1. The van der Waals surface area contributed by atoms with E-state index in [9.17, 15) is 22.8 Å². The number of aryl methyl sites for hydroxylation is 1. The van der Waals surface area contributed by atoms with Crippen LogP contribution in [-0.4, -0.2) is 24.5 Å². The summed E-state index contributed by atoms with van der Waals surface area (Å²) in [7, 11) is 0. The minimum absolute atomic E-state index is 0.0723. The molecule has 7 heteroatoms. The molecule has 2 rings (SSSR count). The van der Waals surface area contributed by atoms with Crippen molar-refractivity contribution in [1.29, 1.82) is 0 Å². The molecular weight excluding hydrogens is 335 g/mol. The highest BCUT2D eigenvalue weighted by atomic mass is 19.4. The van der Waals surface area contributed by atoms with E-state index >= 15 is 0 Å². The molecule has 0 atom stereocenters. The summed E-state index contributed by atoms with van der Waals surface area (Å²) < 4.78 is 40.8. The van der Waals surface area contributed by atoms with Crippen LogP contribution in [0.15, 0.2) is 48.5 Å². The molecule has 0 fully saturated rings. The predicted octanol–water partition coefficient (Wildman–Crippen LogP) is 3.44. The monoisotopic (exact) mass is 351 g/mol. The molecule has 0 aliphatic carbocycles. The summed E-state index contributed by atoms with van der Waals surface area (Å²) >= 11 is 0. The van der Waals surface area contributed by atoms with Crippen LogP contribution < -0.4 is 10.1 Å². The van der Waals surface area contributed by atoms with Crippen molar-refractivity contribution in [3.8, 4) is 5.75 Å². The van der Waals surface area contributed by atoms with Crippen LogP contribution in [0.1, 0.15) is 21.5 Å². The van der Waals surface area contributed by atoms with Gasteiger partial charge in [-0.05, 0) is 24.6 Å².